The molecule has 3 nitrogen and oxygen atoms in total. The van der Waals surface area contributed by atoms with Gasteiger partial charge in [-0.15, -0.1) is 0 Å². The fraction of sp³-hybridized carbons (Fsp3) is 0.533. The molecule has 0 fully saturated rings. The smallest absolute Gasteiger partial charge is 0.111 e. The molecule has 98 valence electrons. The Labute approximate surface area is 109 Å². The van der Waals surface area contributed by atoms with Crippen LogP contribution in [0.25, 0.3) is 11.0 Å². The van der Waals surface area contributed by atoms with Crippen molar-refractivity contribution in [1.29, 1.82) is 0 Å². The minimum atomic E-state index is 0.166. The first-order valence-electron chi connectivity index (χ1n) is 6.72. The summed E-state index contributed by atoms with van der Waals surface area (Å²) in [5.41, 5.74) is 8.46. The number of hydrogen-bond acceptors (Lipinski definition) is 2. The number of hydrogen-bond donors (Lipinski definition) is 1. The Bertz CT molecular complexity index is 526. The third-order valence-corrected chi connectivity index (χ3v) is 3.46. The van der Waals surface area contributed by atoms with E-state index in [2.05, 4.69) is 50.5 Å². The minimum Gasteiger partial charge on any atom is -0.327 e. The zero-order valence-corrected chi connectivity index (χ0v) is 11.7. The Morgan fingerprint density at radius 3 is 2.44 bits per heavy atom. The Morgan fingerprint density at radius 1 is 1.17 bits per heavy atom. The van der Waals surface area contributed by atoms with Gasteiger partial charge in [0.15, 0.2) is 0 Å². The molecule has 18 heavy (non-hydrogen) atoms. The summed E-state index contributed by atoms with van der Waals surface area (Å²) in [5, 5.41) is 0. The van der Waals surface area contributed by atoms with Crippen LogP contribution < -0.4 is 5.73 Å². The lowest BCUT2D eigenvalue weighted by Crippen LogP contribution is -2.30. The topological polar surface area (TPSA) is 43.8 Å². The molecule has 1 unspecified atom stereocenters. The molecule has 0 amide bonds. The molecule has 0 spiro atoms. The second kappa shape index (κ2) is 5.11. The highest BCUT2D eigenvalue weighted by atomic mass is 15.1. The molecule has 1 aromatic heterocycles. The molecule has 0 radical (unpaired) electrons. The van der Waals surface area contributed by atoms with Gasteiger partial charge in [0, 0.05) is 18.5 Å². The Kier molecular flexibility index (Phi) is 3.71. The van der Waals surface area contributed by atoms with Gasteiger partial charge >= 0.3 is 0 Å². The predicted molar refractivity (Wildman–Crippen MR) is 76.6 cm³/mol. The van der Waals surface area contributed by atoms with Crippen molar-refractivity contribution in [2.75, 3.05) is 0 Å². The predicted octanol–water partition coefficient (Wildman–Crippen LogP) is 3.14. The summed E-state index contributed by atoms with van der Waals surface area (Å²) in [6.07, 6.45) is 0.838. The third kappa shape index (κ3) is 2.41. The van der Waals surface area contributed by atoms with Gasteiger partial charge in [0.1, 0.15) is 5.82 Å². The molecule has 1 heterocycles. The van der Waals surface area contributed by atoms with Crippen molar-refractivity contribution in [1.82, 2.24) is 9.55 Å². The van der Waals surface area contributed by atoms with Crippen LogP contribution in [0.15, 0.2) is 24.3 Å². The number of imidazole rings is 1. The van der Waals surface area contributed by atoms with Gasteiger partial charge in [-0.2, -0.15) is 0 Å². The van der Waals surface area contributed by atoms with Crippen LogP contribution in [-0.2, 0) is 6.42 Å². The van der Waals surface area contributed by atoms with E-state index in [0.717, 1.165) is 17.8 Å². The van der Waals surface area contributed by atoms with Crippen molar-refractivity contribution in [3.05, 3.63) is 30.1 Å². The largest absolute Gasteiger partial charge is 0.327 e. The Hall–Kier alpha value is -1.35. The summed E-state index contributed by atoms with van der Waals surface area (Å²) < 4.78 is 2.30. The molecule has 3 heteroatoms. The lowest BCUT2D eigenvalue weighted by Gasteiger charge is -2.18. The molecular weight excluding hydrogens is 222 g/mol. The maximum Gasteiger partial charge on any atom is 0.111 e. The van der Waals surface area contributed by atoms with Crippen LogP contribution in [0.4, 0.5) is 0 Å². The van der Waals surface area contributed by atoms with Crippen molar-refractivity contribution >= 4 is 11.0 Å². The molecule has 0 bridgehead atoms. The van der Waals surface area contributed by atoms with Crippen LogP contribution in [0.2, 0.25) is 0 Å². The number of aromatic nitrogens is 2. The second-order valence-electron chi connectivity index (χ2n) is 5.59. The van der Waals surface area contributed by atoms with Gasteiger partial charge in [0.2, 0.25) is 0 Å². The molecule has 0 saturated carbocycles. The average molecular weight is 245 g/mol. The average Bonchev–Trinajstić information content (AvgIpc) is 2.66. The van der Waals surface area contributed by atoms with Gasteiger partial charge < -0.3 is 10.3 Å². The number of nitrogens with zero attached hydrogens (tertiary/aromatic N) is 2. The molecular formula is C15H23N3. The summed E-state index contributed by atoms with van der Waals surface area (Å²) in [5.74, 6) is 1.58. The van der Waals surface area contributed by atoms with E-state index in [9.17, 15) is 0 Å². The van der Waals surface area contributed by atoms with E-state index < -0.39 is 0 Å². The van der Waals surface area contributed by atoms with E-state index >= 15 is 0 Å². The molecule has 1 aromatic carbocycles. The minimum absolute atomic E-state index is 0.166. The summed E-state index contributed by atoms with van der Waals surface area (Å²) in [7, 11) is 0. The summed E-state index contributed by atoms with van der Waals surface area (Å²) in [6, 6.07) is 8.87. The Morgan fingerprint density at radius 2 is 1.83 bits per heavy atom. The van der Waals surface area contributed by atoms with Gasteiger partial charge in [-0.25, -0.2) is 4.98 Å². The van der Waals surface area contributed by atoms with Crippen LogP contribution >= 0.6 is 0 Å². The fourth-order valence-corrected chi connectivity index (χ4v) is 2.26. The molecule has 0 aliphatic rings. The monoisotopic (exact) mass is 245 g/mol. The Balaban J connectivity index is 2.46. The van der Waals surface area contributed by atoms with Gasteiger partial charge in [0.05, 0.1) is 11.0 Å². The van der Waals surface area contributed by atoms with Gasteiger partial charge in [-0.1, -0.05) is 26.0 Å². The summed E-state index contributed by atoms with van der Waals surface area (Å²) >= 11 is 0. The molecule has 2 N–H and O–H groups in total. The number of para-hydroxylation sites is 2. The molecule has 2 rings (SSSR count). The van der Waals surface area contributed by atoms with Crippen molar-refractivity contribution in [2.45, 2.75) is 46.2 Å². The first kappa shape index (κ1) is 13.1. The van der Waals surface area contributed by atoms with Gasteiger partial charge in [-0.3, -0.25) is 0 Å². The van der Waals surface area contributed by atoms with E-state index in [0.29, 0.717) is 12.0 Å². The highest BCUT2D eigenvalue weighted by Crippen LogP contribution is 2.22. The van der Waals surface area contributed by atoms with Crippen molar-refractivity contribution in [3.63, 3.8) is 0 Å². The second-order valence-corrected chi connectivity index (χ2v) is 5.59. The maximum absolute atomic E-state index is 6.19. The van der Waals surface area contributed by atoms with Crippen LogP contribution in [0.1, 0.15) is 39.6 Å². The SMILES string of the molecule is CC(C)C(N)Cc1nc2ccccc2n1C(C)C. The number of rotatable bonds is 4. The van der Waals surface area contributed by atoms with Crippen LogP contribution in [-0.4, -0.2) is 15.6 Å². The molecule has 1 atom stereocenters. The first-order chi connectivity index (χ1) is 8.50. The van der Waals surface area contributed by atoms with E-state index in [4.69, 9.17) is 10.7 Å². The zero-order valence-electron chi connectivity index (χ0n) is 11.7. The molecule has 0 saturated heterocycles. The highest BCUT2D eigenvalue weighted by Gasteiger charge is 2.17. The molecule has 0 aliphatic heterocycles. The zero-order chi connectivity index (χ0) is 13.3. The third-order valence-electron chi connectivity index (χ3n) is 3.46. The maximum atomic E-state index is 6.19. The number of fused-ring (bicyclic) bond motifs is 1. The van der Waals surface area contributed by atoms with Gasteiger partial charge in [0.25, 0.3) is 0 Å². The molecule has 0 aliphatic carbocycles. The number of benzene rings is 1. The van der Waals surface area contributed by atoms with Crippen LogP contribution in [0.3, 0.4) is 0 Å². The van der Waals surface area contributed by atoms with Crippen molar-refractivity contribution in [3.8, 4) is 0 Å². The van der Waals surface area contributed by atoms with E-state index in [1.54, 1.807) is 0 Å². The van der Waals surface area contributed by atoms with E-state index in [1.807, 2.05) is 6.07 Å². The standard InChI is InChI=1S/C15H23N3/c1-10(2)12(16)9-15-17-13-7-5-6-8-14(13)18(15)11(3)4/h5-8,10-12H,9,16H2,1-4H3. The van der Waals surface area contributed by atoms with E-state index in [1.165, 1.54) is 5.52 Å². The summed E-state index contributed by atoms with van der Waals surface area (Å²) in [6.45, 7) is 8.71. The molecule has 2 aromatic rings. The first-order valence-corrected chi connectivity index (χ1v) is 6.72. The lowest BCUT2D eigenvalue weighted by molar-refractivity contribution is 0.464. The fourth-order valence-electron chi connectivity index (χ4n) is 2.26. The van der Waals surface area contributed by atoms with Crippen LogP contribution in [0.5, 0.6) is 0 Å². The van der Waals surface area contributed by atoms with Crippen molar-refractivity contribution < 1.29 is 0 Å². The quantitative estimate of drug-likeness (QED) is 0.899. The van der Waals surface area contributed by atoms with Crippen molar-refractivity contribution in [2.24, 2.45) is 11.7 Å². The lowest BCUT2D eigenvalue weighted by atomic mass is 10.0. The van der Waals surface area contributed by atoms with Crippen LogP contribution in [0, 0.1) is 5.92 Å². The van der Waals surface area contributed by atoms with E-state index in [-0.39, 0.29) is 6.04 Å². The van der Waals surface area contributed by atoms with Gasteiger partial charge in [-0.05, 0) is 31.9 Å². The highest BCUT2D eigenvalue weighted by molar-refractivity contribution is 5.76. The number of nitrogens with two attached hydrogens (primary N) is 1. The summed E-state index contributed by atoms with van der Waals surface area (Å²) in [4.78, 5) is 4.74. The normalized spacial score (nSPS) is 13.7.